The molecule has 1 aliphatic rings. The van der Waals surface area contributed by atoms with Crippen LogP contribution in [0.5, 0.6) is 0 Å². The van der Waals surface area contributed by atoms with Gasteiger partial charge < -0.3 is 5.32 Å². The minimum atomic E-state index is -3.04. The van der Waals surface area contributed by atoms with Crippen LogP contribution in [0, 0.1) is 0 Å². The number of hydrogen-bond acceptors (Lipinski definition) is 5. The van der Waals surface area contributed by atoms with Crippen LogP contribution in [-0.2, 0) is 28.1 Å². The molecule has 8 heteroatoms. The third kappa shape index (κ3) is 3.26. The summed E-state index contributed by atoms with van der Waals surface area (Å²) in [6, 6.07) is 6.66. The molecule has 1 aromatic heterocycles. The van der Waals surface area contributed by atoms with Gasteiger partial charge in [0.2, 0.25) is 5.91 Å². The van der Waals surface area contributed by atoms with Crippen LogP contribution in [0.15, 0.2) is 29.1 Å². The third-order valence-corrected chi connectivity index (χ3v) is 5.73. The number of aryl methyl sites for hydroxylation is 1. The molecule has 7 nitrogen and oxygen atoms in total. The fourth-order valence-electron chi connectivity index (χ4n) is 2.85. The Labute approximate surface area is 133 Å². The van der Waals surface area contributed by atoms with Crippen molar-refractivity contribution in [3.05, 3.63) is 40.3 Å². The number of carbonyl (C=O) groups excluding carboxylic acids is 1. The Morgan fingerprint density at radius 2 is 2.04 bits per heavy atom. The molecule has 1 aliphatic heterocycles. The topological polar surface area (TPSA) is 98.1 Å². The van der Waals surface area contributed by atoms with E-state index in [1.54, 1.807) is 31.3 Å². The quantitative estimate of drug-likeness (QED) is 0.836. The molecule has 1 fully saturated rings. The highest BCUT2D eigenvalue weighted by Crippen LogP contribution is 2.15. The Balaban J connectivity index is 1.83. The van der Waals surface area contributed by atoms with Crippen molar-refractivity contribution in [1.82, 2.24) is 15.1 Å². The molecule has 0 bridgehead atoms. The standard InChI is InChI=1S/C15H17N3O4S/c1-18-15(20)12-5-3-2-4-11(12)13(17-18)8-14(19)16-10-6-7-23(21,22)9-10/h2-5,10H,6-9H2,1H3,(H,16,19). The largest absolute Gasteiger partial charge is 0.352 e. The van der Waals surface area contributed by atoms with E-state index in [0.29, 0.717) is 22.9 Å². The first kappa shape index (κ1) is 15.7. The summed E-state index contributed by atoms with van der Waals surface area (Å²) in [5, 5.41) is 8.06. The lowest BCUT2D eigenvalue weighted by Crippen LogP contribution is -2.37. The maximum atomic E-state index is 12.2. The predicted molar refractivity (Wildman–Crippen MR) is 85.9 cm³/mol. The molecule has 1 amide bonds. The van der Waals surface area contributed by atoms with Crippen LogP contribution in [0.1, 0.15) is 12.1 Å². The van der Waals surface area contributed by atoms with Crippen LogP contribution in [0.2, 0.25) is 0 Å². The highest BCUT2D eigenvalue weighted by molar-refractivity contribution is 7.91. The fourth-order valence-corrected chi connectivity index (χ4v) is 4.52. The van der Waals surface area contributed by atoms with Crippen molar-refractivity contribution in [3.8, 4) is 0 Å². The highest BCUT2D eigenvalue weighted by Gasteiger charge is 2.29. The van der Waals surface area contributed by atoms with E-state index >= 15 is 0 Å². The molecule has 3 rings (SSSR count). The number of sulfone groups is 1. The summed E-state index contributed by atoms with van der Waals surface area (Å²) in [6.07, 6.45) is 0.445. The molecular weight excluding hydrogens is 318 g/mol. The van der Waals surface area contributed by atoms with Gasteiger partial charge in [-0.1, -0.05) is 18.2 Å². The molecular formula is C15H17N3O4S. The Kier molecular flexibility index (Phi) is 3.93. The molecule has 23 heavy (non-hydrogen) atoms. The van der Waals surface area contributed by atoms with Crippen LogP contribution in [0.25, 0.3) is 10.8 Å². The zero-order chi connectivity index (χ0) is 16.6. The van der Waals surface area contributed by atoms with E-state index in [9.17, 15) is 18.0 Å². The first-order valence-corrected chi connectivity index (χ1v) is 9.12. The van der Waals surface area contributed by atoms with Gasteiger partial charge in [0.1, 0.15) is 0 Å². The molecule has 1 saturated heterocycles. The van der Waals surface area contributed by atoms with Crippen molar-refractivity contribution in [2.75, 3.05) is 11.5 Å². The zero-order valence-corrected chi connectivity index (χ0v) is 13.5. The van der Waals surface area contributed by atoms with Crippen molar-refractivity contribution >= 4 is 26.5 Å². The maximum absolute atomic E-state index is 12.2. The molecule has 0 radical (unpaired) electrons. The normalized spacial score (nSPS) is 19.8. The minimum Gasteiger partial charge on any atom is -0.352 e. The van der Waals surface area contributed by atoms with E-state index in [-0.39, 0.29) is 35.4 Å². The van der Waals surface area contributed by atoms with Crippen LogP contribution in [-0.4, -0.2) is 41.7 Å². The second kappa shape index (κ2) is 5.77. The molecule has 1 N–H and O–H groups in total. The molecule has 1 atom stereocenters. The summed E-state index contributed by atoms with van der Waals surface area (Å²) < 4.78 is 24.1. The summed E-state index contributed by atoms with van der Waals surface area (Å²) in [5.74, 6) is -0.192. The zero-order valence-electron chi connectivity index (χ0n) is 12.7. The van der Waals surface area contributed by atoms with E-state index in [1.807, 2.05) is 0 Å². The number of nitrogens with one attached hydrogen (secondary N) is 1. The Hall–Kier alpha value is -2.22. The van der Waals surface area contributed by atoms with E-state index < -0.39 is 9.84 Å². The number of carbonyl (C=O) groups is 1. The fraction of sp³-hybridized carbons (Fsp3) is 0.400. The molecule has 1 aromatic carbocycles. The lowest BCUT2D eigenvalue weighted by Gasteiger charge is -2.12. The summed E-state index contributed by atoms with van der Waals surface area (Å²) >= 11 is 0. The lowest BCUT2D eigenvalue weighted by molar-refractivity contribution is -0.121. The molecule has 1 unspecified atom stereocenters. The van der Waals surface area contributed by atoms with Crippen LogP contribution in [0.4, 0.5) is 0 Å². The molecule has 0 saturated carbocycles. The maximum Gasteiger partial charge on any atom is 0.274 e. The van der Waals surface area contributed by atoms with E-state index in [2.05, 4.69) is 10.4 Å². The van der Waals surface area contributed by atoms with Gasteiger partial charge in [0.05, 0.1) is 29.0 Å². The predicted octanol–water partition coefficient (Wildman–Crippen LogP) is -0.221. The smallest absolute Gasteiger partial charge is 0.274 e. The summed E-state index contributed by atoms with van der Waals surface area (Å²) in [4.78, 5) is 24.2. The average molecular weight is 335 g/mol. The number of amides is 1. The molecule has 122 valence electrons. The third-order valence-electron chi connectivity index (χ3n) is 3.96. The number of benzene rings is 1. The lowest BCUT2D eigenvalue weighted by atomic mass is 10.1. The monoisotopic (exact) mass is 335 g/mol. The first-order chi connectivity index (χ1) is 10.9. The molecule has 2 aromatic rings. The van der Waals surface area contributed by atoms with Gasteiger partial charge in [-0.3, -0.25) is 9.59 Å². The summed E-state index contributed by atoms with van der Waals surface area (Å²) in [7, 11) is -1.50. The van der Waals surface area contributed by atoms with Crippen molar-refractivity contribution in [2.45, 2.75) is 18.9 Å². The van der Waals surface area contributed by atoms with Crippen molar-refractivity contribution in [2.24, 2.45) is 7.05 Å². The second-order valence-corrected chi connectivity index (χ2v) is 7.99. The summed E-state index contributed by atoms with van der Waals surface area (Å²) in [6.45, 7) is 0. The van der Waals surface area contributed by atoms with Gasteiger partial charge in [-0.2, -0.15) is 5.10 Å². The van der Waals surface area contributed by atoms with Gasteiger partial charge in [0, 0.05) is 18.5 Å². The number of aromatic nitrogens is 2. The van der Waals surface area contributed by atoms with Gasteiger partial charge in [-0.25, -0.2) is 13.1 Å². The molecule has 2 heterocycles. The van der Waals surface area contributed by atoms with E-state index in [4.69, 9.17) is 0 Å². The van der Waals surface area contributed by atoms with Gasteiger partial charge in [0.25, 0.3) is 5.56 Å². The van der Waals surface area contributed by atoms with Crippen LogP contribution in [0.3, 0.4) is 0 Å². The Bertz CT molecular complexity index is 933. The Morgan fingerprint density at radius 3 is 2.70 bits per heavy atom. The SMILES string of the molecule is Cn1nc(CC(=O)NC2CCS(=O)(=O)C2)c2ccccc2c1=O. The van der Waals surface area contributed by atoms with Crippen LogP contribution < -0.4 is 10.9 Å². The van der Waals surface area contributed by atoms with Gasteiger partial charge in [-0.05, 0) is 12.5 Å². The van der Waals surface area contributed by atoms with Gasteiger partial charge in [0.15, 0.2) is 9.84 Å². The number of nitrogens with zero attached hydrogens (tertiary/aromatic N) is 2. The van der Waals surface area contributed by atoms with Crippen molar-refractivity contribution in [1.29, 1.82) is 0 Å². The van der Waals surface area contributed by atoms with Crippen molar-refractivity contribution in [3.63, 3.8) is 0 Å². The average Bonchev–Trinajstić information content (AvgIpc) is 2.83. The number of rotatable bonds is 3. The Morgan fingerprint density at radius 1 is 1.35 bits per heavy atom. The highest BCUT2D eigenvalue weighted by atomic mass is 32.2. The number of fused-ring (bicyclic) bond motifs is 1. The van der Waals surface area contributed by atoms with Gasteiger partial charge in [-0.15, -0.1) is 0 Å². The molecule has 0 aliphatic carbocycles. The summed E-state index contributed by atoms with van der Waals surface area (Å²) in [5.41, 5.74) is 0.285. The second-order valence-electron chi connectivity index (χ2n) is 5.77. The molecule has 0 spiro atoms. The van der Waals surface area contributed by atoms with Crippen molar-refractivity contribution < 1.29 is 13.2 Å². The minimum absolute atomic E-state index is 0.00514. The number of hydrogen-bond donors (Lipinski definition) is 1. The van der Waals surface area contributed by atoms with Crippen LogP contribution >= 0.6 is 0 Å². The van der Waals surface area contributed by atoms with Gasteiger partial charge >= 0.3 is 0 Å². The van der Waals surface area contributed by atoms with E-state index in [0.717, 1.165) is 0 Å². The van der Waals surface area contributed by atoms with E-state index in [1.165, 1.54) is 4.68 Å². The first-order valence-electron chi connectivity index (χ1n) is 7.30.